The van der Waals surface area contributed by atoms with Gasteiger partial charge in [-0.25, -0.2) is 9.37 Å². The van der Waals surface area contributed by atoms with Crippen LogP contribution in [0.25, 0.3) is 11.4 Å². The van der Waals surface area contributed by atoms with E-state index in [0.717, 1.165) is 31.5 Å². The molecule has 28 heavy (non-hydrogen) atoms. The Balaban J connectivity index is 1.51. The summed E-state index contributed by atoms with van der Waals surface area (Å²) in [6.07, 6.45) is 3.38. The Morgan fingerprint density at radius 1 is 1.14 bits per heavy atom. The van der Waals surface area contributed by atoms with Crippen molar-refractivity contribution in [1.82, 2.24) is 20.4 Å². The van der Waals surface area contributed by atoms with E-state index in [1.165, 1.54) is 12.1 Å². The van der Waals surface area contributed by atoms with Gasteiger partial charge in [-0.1, -0.05) is 5.16 Å². The summed E-state index contributed by atoms with van der Waals surface area (Å²) in [5.41, 5.74) is 0.465. The lowest BCUT2D eigenvalue weighted by atomic mass is 9.79. The molecule has 7 nitrogen and oxygen atoms in total. The van der Waals surface area contributed by atoms with E-state index in [1.54, 1.807) is 31.5 Å². The highest BCUT2D eigenvalue weighted by Gasteiger charge is 2.39. The molecule has 1 aromatic carbocycles. The van der Waals surface area contributed by atoms with Gasteiger partial charge < -0.3 is 19.3 Å². The van der Waals surface area contributed by atoms with Crippen LogP contribution in [0.4, 0.5) is 4.39 Å². The van der Waals surface area contributed by atoms with E-state index in [4.69, 9.17) is 14.0 Å². The van der Waals surface area contributed by atoms with E-state index in [9.17, 15) is 4.39 Å². The van der Waals surface area contributed by atoms with Crippen molar-refractivity contribution in [1.29, 1.82) is 0 Å². The molecular weight excluding hydrogens is 363 g/mol. The highest BCUT2D eigenvalue weighted by Crippen LogP contribution is 2.34. The second-order valence-electron chi connectivity index (χ2n) is 6.83. The Labute approximate surface area is 161 Å². The molecule has 4 rings (SSSR count). The molecule has 1 aliphatic rings. The van der Waals surface area contributed by atoms with E-state index in [-0.39, 0.29) is 11.2 Å². The summed E-state index contributed by atoms with van der Waals surface area (Å²) >= 11 is 0. The Kier molecular flexibility index (Phi) is 5.31. The van der Waals surface area contributed by atoms with Crippen LogP contribution in [-0.4, -0.2) is 41.9 Å². The van der Waals surface area contributed by atoms with Crippen LogP contribution < -0.4 is 10.1 Å². The van der Waals surface area contributed by atoms with Crippen molar-refractivity contribution in [3.8, 4) is 23.0 Å². The van der Waals surface area contributed by atoms with Gasteiger partial charge in [0.15, 0.2) is 0 Å². The van der Waals surface area contributed by atoms with Crippen LogP contribution in [0, 0.1) is 5.82 Å². The second kappa shape index (κ2) is 8.04. The summed E-state index contributed by atoms with van der Waals surface area (Å²) < 4.78 is 29.6. The Morgan fingerprint density at radius 2 is 1.93 bits per heavy atom. The quantitative estimate of drug-likeness (QED) is 0.698. The van der Waals surface area contributed by atoms with Gasteiger partial charge in [0.25, 0.3) is 0 Å². The number of methoxy groups -OCH3 is 1. The van der Waals surface area contributed by atoms with Gasteiger partial charge >= 0.3 is 0 Å². The van der Waals surface area contributed by atoms with Gasteiger partial charge in [-0.05, 0) is 56.3 Å². The van der Waals surface area contributed by atoms with Crippen molar-refractivity contribution in [3.05, 3.63) is 54.3 Å². The summed E-state index contributed by atoms with van der Waals surface area (Å²) in [5, 5.41) is 7.47. The number of nitrogens with zero attached hydrogens (tertiary/aromatic N) is 3. The summed E-state index contributed by atoms with van der Waals surface area (Å²) in [6.45, 7) is 2.31. The molecular formula is C20H21FN4O3. The molecule has 1 N–H and O–H groups in total. The molecule has 0 aliphatic carbocycles. The molecule has 3 aromatic rings. The molecule has 2 aromatic heterocycles. The maximum absolute atomic E-state index is 13.0. The number of rotatable bonds is 6. The fraction of sp³-hybridized carbons (Fsp3) is 0.350. The summed E-state index contributed by atoms with van der Waals surface area (Å²) in [6, 6.07) is 9.29. The SMILES string of the molecule is COCC1(c2nc(-c3ccc(Oc4ccc(F)cc4)nc3)no2)CCNCC1. The van der Waals surface area contributed by atoms with Gasteiger partial charge in [-0.2, -0.15) is 4.98 Å². The largest absolute Gasteiger partial charge is 0.439 e. The highest BCUT2D eigenvalue weighted by molar-refractivity contribution is 5.53. The number of piperidine rings is 1. The number of hydrogen-bond acceptors (Lipinski definition) is 7. The average Bonchev–Trinajstić information content (AvgIpc) is 3.22. The zero-order chi connectivity index (χ0) is 19.4. The zero-order valence-electron chi connectivity index (χ0n) is 15.5. The van der Waals surface area contributed by atoms with Gasteiger partial charge in [0.1, 0.15) is 11.6 Å². The first-order valence-electron chi connectivity index (χ1n) is 9.12. The van der Waals surface area contributed by atoms with E-state index in [1.807, 2.05) is 6.07 Å². The van der Waals surface area contributed by atoms with E-state index in [2.05, 4.69) is 20.4 Å². The highest BCUT2D eigenvalue weighted by atomic mass is 19.1. The Morgan fingerprint density at radius 3 is 2.61 bits per heavy atom. The smallest absolute Gasteiger partial charge is 0.235 e. The number of halogens is 1. The minimum absolute atomic E-state index is 0.260. The summed E-state index contributed by atoms with van der Waals surface area (Å²) in [5.74, 6) is 1.66. The molecule has 8 heteroatoms. The van der Waals surface area contributed by atoms with Crippen LogP contribution in [0.15, 0.2) is 47.1 Å². The Bertz CT molecular complexity index is 900. The molecule has 3 heterocycles. The standard InChI is InChI=1S/C20H21FN4O3/c1-26-13-20(8-10-22-11-9-20)19-24-18(25-28-19)14-2-7-17(23-12-14)27-16-5-3-15(21)4-6-16/h2-7,12,22H,8-11,13H2,1H3. The van der Waals surface area contributed by atoms with Crippen molar-refractivity contribution in [3.63, 3.8) is 0 Å². The van der Waals surface area contributed by atoms with Crippen LogP contribution in [-0.2, 0) is 10.2 Å². The first-order chi connectivity index (χ1) is 13.7. The Hall–Kier alpha value is -2.84. The van der Waals surface area contributed by atoms with E-state index in [0.29, 0.717) is 30.0 Å². The molecule has 1 saturated heterocycles. The van der Waals surface area contributed by atoms with Crippen molar-refractivity contribution < 1.29 is 18.4 Å². The third-order valence-electron chi connectivity index (χ3n) is 4.89. The lowest BCUT2D eigenvalue weighted by molar-refractivity contribution is 0.0850. The van der Waals surface area contributed by atoms with Gasteiger partial charge in [0.2, 0.25) is 17.6 Å². The molecule has 0 radical (unpaired) electrons. The topological polar surface area (TPSA) is 82.3 Å². The first-order valence-corrected chi connectivity index (χ1v) is 9.12. The zero-order valence-corrected chi connectivity index (χ0v) is 15.5. The molecule has 0 atom stereocenters. The number of pyridine rings is 1. The van der Waals surface area contributed by atoms with Crippen LogP contribution in [0.3, 0.4) is 0 Å². The van der Waals surface area contributed by atoms with Gasteiger partial charge in [0, 0.05) is 24.9 Å². The van der Waals surface area contributed by atoms with Crippen molar-refractivity contribution >= 4 is 0 Å². The van der Waals surface area contributed by atoms with Crippen LogP contribution in [0.2, 0.25) is 0 Å². The van der Waals surface area contributed by atoms with Crippen molar-refractivity contribution in [2.45, 2.75) is 18.3 Å². The molecule has 1 aliphatic heterocycles. The molecule has 0 spiro atoms. The third-order valence-corrected chi connectivity index (χ3v) is 4.89. The predicted molar refractivity (Wildman–Crippen MR) is 99.7 cm³/mol. The number of aromatic nitrogens is 3. The maximum atomic E-state index is 13.0. The number of benzene rings is 1. The lowest BCUT2D eigenvalue weighted by Gasteiger charge is -2.33. The molecule has 0 unspecified atom stereocenters. The fourth-order valence-electron chi connectivity index (χ4n) is 3.35. The fourth-order valence-corrected chi connectivity index (χ4v) is 3.35. The monoisotopic (exact) mass is 384 g/mol. The normalized spacial score (nSPS) is 16.1. The average molecular weight is 384 g/mol. The maximum Gasteiger partial charge on any atom is 0.235 e. The molecule has 146 valence electrons. The molecule has 0 saturated carbocycles. The predicted octanol–water partition coefficient (Wildman–Crippen LogP) is 3.33. The first kappa shape index (κ1) is 18.5. The number of nitrogens with one attached hydrogen (secondary N) is 1. The molecule has 0 amide bonds. The molecule has 1 fully saturated rings. The van der Waals surface area contributed by atoms with Gasteiger partial charge in [0.05, 0.1) is 12.0 Å². The van der Waals surface area contributed by atoms with E-state index < -0.39 is 0 Å². The van der Waals surface area contributed by atoms with Crippen molar-refractivity contribution in [2.24, 2.45) is 0 Å². The minimum Gasteiger partial charge on any atom is -0.439 e. The number of ether oxygens (including phenoxy) is 2. The number of hydrogen-bond donors (Lipinski definition) is 1. The molecule has 0 bridgehead atoms. The minimum atomic E-state index is -0.316. The van der Waals surface area contributed by atoms with Crippen LogP contribution >= 0.6 is 0 Å². The van der Waals surface area contributed by atoms with Crippen LogP contribution in [0.5, 0.6) is 11.6 Å². The van der Waals surface area contributed by atoms with Crippen molar-refractivity contribution in [2.75, 3.05) is 26.8 Å². The summed E-state index contributed by atoms with van der Waals surface area (Å²) in [4.78, 5) is 8.89. The third kappa shape index (κ3) is 3.88. The summed E-state index contributed by atoms with van der Waals surface area (Å²) in [7, 11) is 1.69. The van der Waals surface area contributed by atoms with E-state index >= 15 is 0 Å². The van der Waals surface area contributed by atoms with Crippen LogP contribution in [0.1, 0.15) is 18.7 Å². The second-order valence-corrected chi connectivity index (χ2v) is 6.83. The van der Waals surface area contributed by atoms with Gasteiger partial charge in [-0.15, -0.1) is 0 Å². The van der Waals surface area contributed by atoms with Gasteiger partial charge in [-0.3, -0.25) is 0 Å². The lowest BCUT2D eigenvalue weighted by Crippen LogP contribution is -2.43.